The monoisotopic (exact) mass is 948 g/mol. The van der Waals surface area contributed by atoms with Gasteiger partial charge in [-0.15, -0.1) is 0 Å². The molecular weight excluding hydrogens is 827 g/mol. The topological polar surface area (TPSA) is 95.9 Å². The fraction of sp³-hybridized carbons (Fsp3) is 0.967. The second kappa shape index (κ2) is 57.4. The van der Waals surface area contributed by atoms with Crippen LogP contribution >= 0.6 is 0 Å². The number of rotatable bonds is 58. The Kier molecular flexibility index (Phi) is 56.5. The molecule has 0 aliphatic rings. The molecule has 1 amide bonds. The first-order valence-corrected chi connectivity index (χ1v) is 30.8. The highest BCUT2D eigenvalue weighted by atomic mass is 16.5. The summed E-state index contributed by atoms with van der Waals surface area (Å²) in [7, 11) is 0. The van der Waals surface area contributed by atoms with Crippen molar-refractivity contribution in [3.05, 3.63) is 0 Å². The minimum absolute atomic E-state index is 0.0149. The van der Waals surface area contributed by atoms with E-state index in [4.69, 9.17) is 4.74 Å². The van der Waals surface area contributed by atoms with Gasteiger partial charge < -0.3 is 20.3 Å². The van der Waals surface area contributed by atoms with Crippen molar-refractivity contribution in [2.45, 2.75) is 366 Å². The zero-order valence-electron chi connectivity index (χ0n) is 45.7. The van der Waals surface area contributed by atoms with Gasteiger partial charge in [-0.05, 0) is 25.7 Å². The van der Waals surface area contributed by atoms with Crippen LogP contribution in [0.5, 0.6) is 0 Å². The van der Waals surface area contributed by atoms with Crippen LogP contribution in [0.25, 0.3) is 0 Å². The molecule has 0 saturated carbocycles. The Balaban J connectivity index is 3.37. The molecule has 0 rings (SSSR count). The summed E-state index contributed by atoms with van der Waals surface area (Å²) < 4.78 is 5.47. The lowest BCUT2D eigenvalue weighted by atomic mass is 10.0. The third-order valence-corrected chi connectivity index (χ3v) is 14.7. The highest BCUT2D eigenvalue weighted by Gasteiger charge is 2.20. The standard InChI is InChI=1S/C61H121NO5/c1-3-5-7-9-11-13-15-17-18-27-30-33-37-41-45-49-53-59(64)58(57-63)62-60(65)54-50-46-42-38-34-31-28-25-23-21-19-20-22-24-26-29-32-36-40-44-48-52-56-67-61(66)55-51-47-43-39-35-16-14-12-10-8-6-4-2/h58-59,63-64H,3-57H2,1-2H3,(H,62,65). The van der Waals surface area contributed by atoms with Crippen LogP contribution in [-0.4, -0.2) is 47.4 Å². The molecule has 67 heavy (non-hydrogen) atoms. The van der Waals surface area contributed by atoms with Gasteiger partial charge in [-0.25, -0.2) is 0 Å². The van der Waals surface area contributed by atoms with Gasteiger partial charge in [0, 0.05) is 12.8 Å². The molecule has 0 radical (unpaired) electrons. The number of aliphatic hydroxyl groups is 2. The summed E-state index contributed by atoms with van der Waals surface area (Å²) in [5.74, 6) is -0.0168. The molecule has 400 valence electrons. The van der Waals surface area contributed by atoms with E-state index in [0.29, 0.717) is 25.9 Å². The van der Waals surface area contributed by atoms with Crippen LogP contribution < -0.4 is 5.32 Å². The Morgan fingerprint density at radius 3 is 0.910 bits per heavy atom. The summed E-state index contributed by atoms with van der Waals surface area (Å²) in [4.78, 5) is 24.5. The van der Waals surface area contributed by atoms with E-state index < -0.39 is 12.1 Å². The normalized spacial score (nSPS) is 12.5. The summed E-state index contributed by atoms with van der Waals surface area (Å²) >= 11 is 0. The molecule has 0 aliphatic carbocycles. The predicted molar refractivity (Wildman–Crippen MR) is 292 cm³/mol. The molecule has 0 saturated heterocycles. The van der Waals surface area contributed by atoms with E-state index in [-0.39, 0.29) is 18.5 Å². The van der Waals surface area contributed by atoms with E-state index in [0.717, 1.165) is 38.5 Å². The molecular formula is C61H121NO5. The Hall–Kier alpha value is -1.14. The maximum Gasteiger partial charge on any atom is 0.305 e. The quantitative estimate of drug-likeness (QED) is 0.0417. The number of ether oxygens (including phenoxy) is 1. The zero-order chi connectivity index (χ0) is 48.6. The molecule has 0 spiro atoms. The fourth-order valence-electron chi connectivity index (χ4n) is 9.94. The second-order valence-corrected chi connectivity index (χ2v) is 21.4. The van der Waals surface area contributed by atoms with Crippen molar-refractivity contribution in [2.24, 2.45) is 0 Å². The molecule has 6 heteroatoms. The van der Waals surface area contributed by atoms with Gasteiger partial charge in [-0.2, -0.15) is 0 Å². The summed E-state index contributed by atoms with van der Waals surface area (Å²) in [5, 5.41) is 23.3. The van der Waals surface area contributed by atoms with Crippen molar-refractivity contribution < 1.29 is 24.5 Å². The number of hydrogen-bond donors (Lipinski definition) is 3. The van der Waals surface area contributed by atoms with Crippen LogP contribution in [0.15, 0.2) is 0 Å². The van der Waals surface area contributed by atoms with E-state index in [2.05, 4.69) is 19.2 Å². The van der Waals surface area contributed by atoms with Crippen LogP contribution in [-0.2, 0) is 14.3 Å². The number of hydrogen-bond acceptors (Lipinski definition) is 5. The van der Waals surface area contributed by atoms with Gasteiger partial charge in [-0.3, -0.25) is 9.59 Å². The van der Waals surface area contributed by atoms with E-state index in [1.54, 1.807) is 0 Å². The van der Waals surface area contributed by atoms with E-state index in [9.17, 15) is 19.8 Å². The van der Waals surface area contributed by atoms with Crippen LogP contribution in [0.4, 0.5) is 0 Å². The van der Waals surface area contributed by atoms with E-state index >= 15 is 0 Å². The summed E-state index contributed by atoms with van der Waals surface area (Å²) in [6.07, 6.45) is 66.8. The number of carbonyl (C=O) groups is 2. The Labute approximate surface area is 419 Å². The second-order valence-electron chi connectivity index (χ2n) is 21.4. The Morgan fingerprint density at radius 1 is 0.358 bits per heavy atom. The molecule has 0 aliphatic heterocycles. The van der Waals surface area contributed by atoms with Gasteiger partial charge in [0.15, 0.2) is 0 Å². The van der Waals surface area contributed by atoms with Crippen LogP contribution in [0.2, 0.25) is 0 Å². The molecule has 6 nitrogen and oxygen atoms in total. The summed E-state index contributed by atoms with van der Waals surface area (Å²) in [5.41, 5.74) is 0. The lowest BCUT2D eigenvalue weighted by Crippen LogP contribution is -2.45. The van der Waals surface area contributed by atoms with Crippen LogP contribution in [0.1, 0.15) is 354 Å². The number of amides is 1. The minimum atomic E-state index is -0.663. The lowest BCUT2D eigenvalue weighted by molar-refractivity contribution is -0.143. The SMILES string of the molecule is CCCCCCCCCCCCCCCCCCC(O)C(CO)NC(=O)CCCCCCCCCCCCCCCCCCCCCCCCOC(=O)CCCCCCCCCCCCCC. The largest absolute Gasteiger partial charge is 0.466 e. The van der Waals surface area contributed by atoms with Crippen molar-refractivity contribution in [1.29, 1.82) is 0 Å². The lowest BCUT2D eigenvalue weighted by Gasteiger charge is -2.22. The molecule has 2 unspecified atom stereocenters. The molecule has 0 aromatic rings. The highest BCUT2D eigenvalue weighted by Crippen LogP contribution is 2.18. The highest BCUT2D eigenvalue weighted by molar-refractivity contribution is 5.76. The number of carbonyl (C=O) groups excluding carboxylic acids is 2. The van der Waals surface area contributed by atoms with Crippen molar-refractivity contribution in [3.8, 4) is 0 Å². The molecule has 2 atom stereocenters. The third kappa shape index (κ3) is 54.0. The summed E-state index contributed by atoms with van der Waals surface area (Å²) in [6, 6.07) is -0.540. The Bertz CT molecular complexity index is 959. The molecule has 3 N–H and O–H groups in total. The average Bonchev–Trinajstić information content (AvgIpc) is 3.33. The molecule has 0 aromatic carbocycles. The van der Waals surface area contributed by atoms with Gasteiger partial charge in [0.25, 0.3) is 0 Å². The molecule has 0 fully saturated rings. The molecule has 0 bridgehead atoms. The van der Waals surface area contributed by atoms with Crippen LogP contribution in [0, 0.1) is 0 Å². The van der Waals surface area contributed by atoms with Crippen molar-refractivity contribution in [3.63, 3.8) is 0 Å². The first-order chi connectivity index (χ1) is 33.0. The van der Waals surface area contributed by atoms with Crippen molar-refractivity contribution in [1.82, 2.24) is 5.32 Å². The van der Waals surface area contributed by atoms with Gasteiger partial charge in [-0.1, -0.05) is 316 Å². The van der Waals surface area contributed by atoms with Gasteiger partial charge in [0.2, 0.25) is 5.91 Å². The maximum absolute atomic E-state index is 12.5. The van der Waals surface area contributed by atoms with Crippen molar-refractivity contribution in [2.75, 3.05) is 13.2 Å². The first-order valence-electron chi connectivity index (χ1n) is 30.8. The van der Waals surface area contributed by atoms with Gasteiger partial charge in [0.1, 0.15) is 0 Å². The number of esters is 1. The zero-order valence-corrected chi connectivity index (χ0v) is 45.7. The number of unbranched alkanes of at least 4 members (excludes halogenated alkanes) is 47. The smallest absolute Gasteiger partial charge is 0.305 e. The number of nitrogens with one attached hydrogen (secondary N) is 1. The average molecular weight is 949 g/mol. The molecule has 0 aromatic heterocycles. The van der Waals surface area contributed by atoms with Crippen LogP contribution in [0.3, 0.4) is 0 Å². The fourth-order valence-corrected chi connectivity index (χ4v) is 9.94. The van der Waals surface area contributed by atoms with Crippen molar-refractivity contribution >= 4 is 11.9 Å². The maximum atomic E-state index is 12.5. The van der Waals surface area contributed by atoms with Gasteiger partial charge in [0.05, 0.1) is 25.4 Å². The van der Waals surface area contributed by atoms with E-state index in [1.807, 2.05) is 0 Å². The first kappa shape index (κ1) is 65.9. The van der Waals surface area contributed by atoms with E-state index in [1.165, 1.54) is 283 Å². The minimum Gasteiger partial charge on any atom is -0.466 e. The predicted octanol–water partition coefficient (Wildman–Crippen LogP) is 19.1. The third-order valence-electron chi connectivity index (χ3n) is 14.7. The van der Waals surface area contributed by atoms with Gasteiger partial charge >= 0.3 is 5.97 Å². The number of aliphatic hydroxyl groups excluding tert-OH is 2. The Morgan fingerprint density at radius 2 is 0.612 bits per heavy atom. The molecule has 0 heterocycles. The summed E-state index contributed by atoms with van der Waals surface area (Å²) in [6.45, 7) is 4.98.